The molecular formula is C30H28Cl2N4O3. The summed E-state index contributed by atoms with van der Waals surface area (Å²) in [4.78, 5) is 26.1. The molecule has 0 saturated carbocycles. The molecule has 0 spiro atoms. The Hall–Kier alpha value is -3.81. The number of benzene rings is 3. The van der Waals surface area contributed by atoms with Crippen LogP contribution in [0.1, 0.15) is 41.8 Å². The Labute approximate surface area is 236 Å². The molecule has 1 heterocycles. The van der Waals surface area contributed by atoms with Crippen molar-refractivity contribution < 1.29 is 9.53 Å². The van der Waals surface area contributed by atoms with Crippen molar-refractivity contribution in [3.8, 4) is 17.2 Å². The van der Waals surface area contributed by atoms with Crippen LogP contribution in [-0.2, 0) is 12.8 Å². The molecule has 4 aromatic rings. The van der Waals surface area contributed by atoms with Crippen LogP contribution in [0.3, 0.4) is 0 Å². The number of ether oxygens (including phenoxy) is 1. The predicted octanol–water partition coefficient (Wildman–Crippen LogP) is 6.95. The van der Waals surface area contributed by atoms with Gasteiger partial charge in [-0.3, -0.25) is 9.59 Å². The van der Waals surface area contributed by atoms with Crippen molar-refractivity contribution in [2.75, 3.05) is 11.9 Å². The maximum absolute atomic E-state index is 13.7. The quantitative estimate of drug-likeness (QED) is 0.242. The van der Waals surface area contributed by atoms with Gasteiger partial charge in [0.25, 0.3) is 11.5 Å². The van der Waals surface area contributed by atoms with Gasteiger partial charge in [-0.1, -0.05) is 43.1 Å². The van der Waals surface area contributed by atoms with Gasteiger partial charge in [0, 0.05) is 17.8 Å². The largest absolute Gasteiger partial charge is 0.453 e. The van der Waals surface area contributed by atoms with E-state index in [0.29, 0.717) is 45.2 Å². The molecule has 1 aromatic heterocycles. The molecule has 39 heavy (non-hydrogen) atoms. The van der Waals surface area contributed by atoms with Gasteiger partial charge in [0.2, 0.25) is 0 Å². The number of aryl methyl sites for hydroxylation is 2. The van der Waals surface area contributed by atoms with Gasteiger partial charge in [-0.2, -0.15) is 9.78 Å². The Balaban J connectivity index is 1.49. The fourth-order valence-corrected chi connectivity index (χ4v) is 4.71. The number of amides is 1. The maximum Gasteiger partial charge on any atom is 0.299 e. The molecule has 1 amide bonds. The summed E-state index contributed by atoms with van der Waals surface area (Å²) in [7, 11) is 0. The monoisotopic (exact) mass is 562 g/mol. The Morgan fingerprint density at radius 3 is 2.51 bits per heavy atom. The second-order valence-electron chi connectivity index (χ2n) is 9.89. The van der Waals surface area contributed by atoms with E-state index in [0.717, 1.165) is 19.3 Å². The summed E-state index contributed by atoms with van der Waals surface area (Å²) in [5.74, 6) is 1.10. The summed E-state index contributed by atoms with van der Waals surface area (Å²) in [5.41, 5.74) is 3.92. The molecule has 3 aromatic carbocycles. The van der Waals surface area contributed by atoms with E-state index in [2.05, 4.69) is 21.8 Å². The van der Waals surface area contributed by atoms with Crippen molar-refractivity contribution >= 4 is 40.5 Å². The topological polar surface area (TPSA) is 85.2 Å². The van der Waals surface area contributed by atoms with Gasteiger partial charge < -0.3 is 15.4 Å². The first kappa shape index (κ1) is 26.8. The number of carbonyl (C=O) groups excluding carboxylic acids is 1. The van der Waals surface area contributed by atoms with E-state index >= 15 is 0 Å². The highest BCUT2D eigenvalue weighted by atomic mass is 35.5. The van der Waals surface area contributed by atoms with Crippen molar-refractivity contribution in [3.63, 3.8) is 0 Å². The molecule has 1 aliphatic carbocycles. The third-order valence-corrected chi connectivity index (χ3v) is 7.21. The molecule has 0 unspecified atom stereocenters. The van der Waals surface area contributed by atoms with Crippen LogP contribution in [0.15, 0.2) is 71.7 Å². The van der Waals surface area contributed by atoms with Gasteiger partial charge in [-0.15, -0.1) is 0 Å². The normalized spacial score (nSPS) is 12.3. The minimum absolute atomic E-state index is 0.151. The van der Waals surface area contributed by atoms with Crippen LogP contribution >= 0.6 is 23.2 Å². The standard InChI is InChI=1S/C30H28Cl2N4O3/c1-18(2)16-33-29(37)20-6-9-22(10-7-20)35-28-27(39-24-12-8-19-4-3-5-21(19)14-24)17-34-36(30(28)38)23-11-13-25(31)26(32)15-23/h6-15,17-18,35H,3-5,16H2,1-2H3,(H,33,37). The lowest BCUT2D eigenvalue weighted by atomic mass is 10.1. The summed E-state index contributed by atoms with van der Waals surface area (Å²) >= 11 is 12.3. The Morgan fingerprint density at radius 2 is 1.77 bits per heavy atom. The molecular weight excluding hydrogens is 535 g/mol. The van der Waals surface area contributed by atoms with Crippen LogP contribution in [0.2, 0.25) is 10.0 Å². The van der Waals surface area contributed by atoms with E-state index in [-0.39, 0.29) is 17.3 Å². The first-order valence-corrected chi connectivity index (χ1v) is 13.6. The second-order valence-corrected chi connectivity index (χ2v) is 10.7. The fourth-order valence-electron chi connectivity index (χ4n) is 4.42. The summed E-state index contributed by atoms with van der Waals surface area (Å²) < 4.78 is 7.42. The van der Waals surface area contributed by atoms with E-state index in [9.17, 15) is 9.59 Å². The summed E-state index contributed by atoms with van der Waals surface area (Å²) in [6.07, 6.45) is 4.69. The first-order chi connectivity index (χ1) is 18.8. The van der Waals surface area contributed by atoms with Crippen molar-refractivity contribution in [2.24, 2.45) is 5.92 Å². The molecule has 2 N–H and O–H groups in total. The molecule has 9 heteroatoms. The molecule has 200 valence electrons. The number of hydrogen-bond donors (Lipinski definition) is 2. The minimum atomic E-state index is -0.439. The lowest BCUT2D eigenvalue weighted by molar-refractivity contribution is 0.0949. The van der Waals surface area contributed by atoms with Crippen LogP contribution in [-0.4, -0.2) is 22.2 Å². The zero-order chi connectivity index (χ0) is 27.5. The number of rotatable bonds is 8. The van der Waals surface area contributed by atoms with Gasteiger partial charge in [-0.05, 0) is 90.9 Å². The van der Waals surface area contributed by atoms with Crippen molar-refractivity contribution in [1.82, 2.24) is 15.1 Å². The predicted molar refractivity (Wildman–Crippen MR) is 155 cm³/mol. The molecule has 0 radical (unpaired) electrons. The van der Waals surface area contributed by atoms with Crippen LogP contribution in [0.5, 0.6) is 11.5 Å². The number of nitrogens with one attached hydrogen (secondary N) is 2. The Morgan fingerprint density at radius 1 is 1.00 bits per heavy atom. The molecule has 0 saturated heterocycles. The Kier molecular flexibility index (Phi) is 7.91. The summed E-state index contributed by atoms with van der Waals surface area (Å²) in [6, 6.07) is 17.7. The zero-order valence-electron chi connectivity index (χ0n) is 21.6. The summed E-state index contributed by atoms with van der Waals surface area (Å²) in [5, 5.41) is 11.1. The fraction of sp³-hybridized carbons (Fsp3) is 0.233. The second kappa shape index (κ2) is 11.5. The number of carbonyl (C=O) groups is 1. The molecule has 0 bridgehead atoms. The number of hydrogen-bond acceptors (Lipinski definition) is 5. The maximum atomic E-state index is 13.7. The van der Waals surface area contributed by atoms with Crippen molar-refractivity contribution in [3.05, 3.63) is 104 Å². The molecule has 0 fully saturated rings. The highest BCUT2D eigenvalue weighted by molar-refractivity contribution is 6.42. The van der Waals surface area contributed by atoms with Crippen LogP contribution in [0.25, 0.3) is 5.69 Å². The van der Waals surface area contributed by atoms with Crippen molar-refractivity contribution in [2.45, 2.75) is 33.1 Å². The van der Waals surface area contributed by atoms with Gasteiger partial charge in [0.05, 0.1) is 21.9 Å². The lowest BCUT2D eigenvalue weighted by Gasteiger charge is -2.15. The number of nitrogens with zero attached hydrogens (tertiary/aromatic N) is 2. The highest BCUT2D eigenvalue weighted by Crippen LogP contribution is 2.33. The Bertz CT molecular complexity index is 1580. The average Bonchev–Trinajstić information content (AvgIpc) is 3.39. The van der Waals surface area contributed by atoms with Crippen LogP contribution in [0.4, 0.5) is 11.4 Å². The van der Waals surface area contributed by atoms with Gasteiger partial charge in [-0.25, -0.2) is 0 Å². The van der Waals surface area contributed by atoms with E-state index in [1.807, 2.05) is 26.0 Å². The van der Waals surface area contributed by atoms with Gasteiger partial charge >= 0.3 is 0 Å². The molecule has 7 nitrogen and oxygen atoms in total. The summed E-state index contributed by atoms with van der Waals surface area (Å²) in [6.45, 7) is 4.66. The van der Waals surface area contributed by atoms with Gasteiger partial charge in [0.15, 0.2) is 11.4 Å². The first-order valence-electron chi connectivity index (χ1n) is 12.8. The third kappa shape index (κ3) is 6.10. The lowest BCUT2D eigenvalue weighted by Crippen LogP contribution is -2.27. The number of aromatic nitrogens is 2. The molecule has 1 aliphatic rings. The van der Waals surface area contributed by atoms with Gasteiger partial charge in [0.1, 0.15) is 5.75 Å². The SMILES string of the molecule is CC(C)CNC(=O)c1ccc(Nc2c(Oc3ccc4c(c3)CCC4)cnn(-c3ccc(Cl)c(Cl)c3)c2=O)cc1. The smallest absolute Gasteiger partial charge is 0.299 e. The van der Waals surface area contributed by atoms with E-state index in [1.54, 1.807) is 42.5 Å². The number of anilines is 2. The van der Waals surface area contributed by atoms with Crippen LogP contribution < -0.4 is 20.9 Å². The number of halogens is 2. The highest BCUT2D eigenvalue weighted by Gasteiger charge is 2.18. The van der Waals surface area contributed by atoms with Crippen molar-refractivity contribution in [1.29, 1.82) is 0 Å². The van der Waals surface area contributed by atoms with Crippen LogP contribution in [0, 0.1) is 5.92 Å². The average molecular weight is 563 g/mol. The third-order valence-electron chi connectivity index (χ3n) is 6.48. The molecule has 5 rings (SSSR count). The van der Waals surface area contributed by atoms with E-state index < -0.39 is 5.56 Å². The number of fused-ring (bicyclic) bond motifs is 1. The molecule has 0 atom stereocenters. The molecule has 0 aliphatic heterocycles. The van der Waals surface area contributed by atoms with E-state index in [4.69, 9.17) is 27.9 Å². The zero-order valence-corrected chi connectivity index (χ0v) is 23.1. The van der Waals surface area contributed by atoms with E-state index in [1.165, 1.54) is 22.0 Å². The minimum Gasteiger partial charge on any atom is -0.453 e.